The number of hydrogen-bond donors (Lipinski definition) is 0. The predicted molar refractivity (Wildman–Crippen MR) is 120 cm³/mol. The molecule has 2 aromatic carbocycles. The van der Waals surface area contributed by atoms with Gasteiger partial charge in [-0.3, -0.25) is 9.69 Å². The molecule has 166 valence electrons. The molecule has 6 nitrogen and oxygen atoms in total. The van der Waals surface area contributed by atoms with E-state index in [-0.39, 0.29) is 11.9 Å². The molecule has 4 rings (SSSR count). The van der Waals surface area contributed by atoms with Crippen LogP contribution in [0.25, 0.3) is 0 Å². The van der Waals surface area contributed by atoms with Crippen LogP contribution in [-0.2, 0) is 11.3 Å². The quantitative estimate of drug-likeness (QED) is 0.704. The van der Waals surface area contributed by atoms with Gasteiger partial charge in [-0.2, -0.15) is 0 Å². The second kappa shape index (κ2) is 9.18. The van der Waals surface area contributed by atoms with Crippen molar-refractivity contribution >= 4 is 5.91 Å². The molecular formula is C25H32N2O4. The smallest absolute Gasteiger partial charge is 0.237 e. The van der Waals surface area contributed by atoms with Crippen LogP contribution in [-0.4, -0.2) is 56.2 Å². The maximum Gasteiger partial charge on any atom is 0.237 e. The number of ether oxygens (including phenoxy) is 3. The largest absolute Gasteiger partial charge is 0.496 e. The van der Waals surface area contributed by atoms with Crippen LogP contribution in [0, 0.1) is 13.8 Å². The highest BCUT2D eigenvalue weighted by molar-refractivity contribution is 5.79. The molecule has 1 saturated heterocycles. The van der Waals surface area contributed by atoms with Crippen LogP contribution in [0.2, 0.25) is 0 Å². The van der Waals surface area contributed by atoms with Crippen molar-refractivity contribution in [2.75, 3.05) is 40.5 Å². The minimum absolute atomic E-state index is 0.0993. The minimum atomic E-state index is 0.0993. The predicted octanol–water partition coefficient (Wildman–Crippen LogP) is 3.88. The number of rotatable bonds is 6. The minimum Gasteiger partial charge on any atom is -0.496 e. The molecule has 0 aliphatic carbocycles. The van der Waals surface area contributed by atoms with Gasteiger partial charge >= 0.3 is 0 Å². The second-order valence-electron chi connectivity index (χ2n) is 8.58. The molecule has 0 N–H and O–H groups in total. The van der Waals surface area contributed by atoms with Crippen LogP contribution < -0.4 is 14.2 Å². The Morgan fingerprint density at radius 2 is 1.84 bits per heavy atom. The van der Waals surface area contributed by atoms with Crippen LogP contribution in [0.3, 0.4) is 0 Å². The molecule has 2 heterocycles. The van der Waals surface area contributed by atoms with Crippen molar-refractivity contribution in [2.24, 2.45) is 0 Å². The molecule has 2 aliphatic rings. The Bertz CT molecular complexity index is 936. The summed E-state index contributed by atoms with van der Waals surface area (Å²) < 4.78 is 16.8. The lowest BCUT2D eigenvalue weighted by atomic mass is 10.0. The average Bonchev–Trinajstić information content (AvgIpc) is 3.23. The molecule has 0 spiro atoms. The summed E-state index contributed by atoms with van der Waals surface area (Å²) in [6.45, 7) is 7.18. The van der Waals surface area contributed by atoms with Gasteiger partial charge in [0.05, 0.1) is 19.7 Å². The van der Waals surface area contributed by atoms with Gasteiger partial charge in [-0.25, -0.2) is 0 Å². The number of benzene rings is 2. The van der Waals surface area contributed by atoms with E-state index in [1.165, 1.54) is 5.56 Å². The van der Waals surface area contributed by atoms with Crippen molar-refractivity contribution in [1.82, 2.24) is 9.80 Å². The number of hydrogen-bond acceptors (Lipinski definition) is 5. The highest BCUT2D eigenvalue weighted by Gasteiger charge is 2.31. The lowest BCUT2D eigenvalue weighted by Gasteiger charge is -2.28. The van der Waals surface area contributed by atoms with E-state index in [1.807, 2.05) is 24.1 Å². The first-order valence-corrected chi connectivity index (χ1v) is 11.0. The second-order valence-corrected chi connectivity index (χ2v) is 8.58. The zero-order valence-electron chi connectivity index (χ0n) is 18.9. The van der Waals surface area contributed by atoms with Crippen molar-refractivity contribution in [1.29, 1.82) is 0 Å². The lowest BCUT2D eigenvalue weighted by molar-refractivity contribution is -0.133. The summed E-state index contributed by atoms with van der Waals surface area (Å²) in [4.78, 5) is 17.3. The number of fused-ring (bicyclic) bond motifs is 1. The molecule has 1 fully saturated rings. The number of likely N-dealkylation sites (N-methyl/N-ethyl adjacent to an activating group) is 1. The first kappa shape index (κ1) is 21.5. The van der Waals surface area contributed by atoms with Gasteiger partial charge in [0.25, 0.3) is 0 Å². The Hall–Kier alpha value is -2.73. The van der Waals surface area contributed by atoms with Crippen LogP contribution in [0.15, 0.2) is 30.3 Å². The number of aryl methyl sites for hydroxylation is 2. The summed E-state index contributed by atoms with van der Waals surface area (Å²) in [6, 6.07) is 10.4. The average molecular weight is 425 g/mol. The van der Waals surface area contributed by atoms with Crippen LogP contribution >= 0.6 is 0 Å². The Morgan fingerprint density at radius 1 is 1.13 bits per heavy atom. The summed E-state index contributed by atoms with van der Waals surface area (Å²) in [5.41, 5.74) is 4.56. The third-order valence-electron chi connectivity index (χ3n) is 6.11. The maximum absolute atomic E-state index is 13.2. The van der Waals surface area contributed by atoms with E-state index in [0.29, 0.717) is 19.8 Å². The van der Waals surface area contributed by atoms with Gasteiger partial charge in [-0.15, -0.1) is 0 Å². The van der Waals surface area contributed by atoms with Gasteiger partial charge < -0.3 is 19.1 Å². The highest BCUT2D eigenvalue weighted by atomic mass is 16.6. The van der Waals surface area contributed by atoms with Crippen LogP contribution in [0.5, 0.6) is 17.2 Å². The fourth-order valence-corrected chi connectivity index (χ4v) is 4.82. The van der Waals surface area contributed by atoms with Gasteiger partial charge in [0, 0.05) is 13.1 Å². The Balaban J connectivity index is 1.42. The summed E-state index contributed by atoms with van der Waals surface area (Å²) in [7, 11) is 3.70. The van der Waals surface area contributed by atoms with E-state index < -0.39 is 0 Å². The van der Waals surface area contributed by atoms with E-state index in [4.69, 9.17) is 14.2 Å². The number of amides is 1. The van der Waals surface area contributed by atoms with Crippen molar-refractivity contribution < 1.29 is 19.0 Å². The zero-order valence-corrected chi connectivity index (χ0v) is 18.9. The van der Waals surface area contributed by atoms with Gasteiger partial charge in [0.15, 0.2) is 11.5 Å². The van der Waals surface area contributed by atoms with Gasteiger partial charge in [0.1, 0.15) is 19.0 Å². The molecule has 0 radical (unpaired) electrons. The standard InChI is InChI=1S/C25H32N2O4/c1-17-12-19(13-18(2)25(17)29-4)15-26(3)16-24(28)27-9-5-6-21(27)20-7-8-22-23(14-20)31-11-10-30-22/h7-8,12-14,21H,5-6,9-11,15-16H2,1-4H3. The van der Waals surface area contributed by atoms with Gasteiger partial charge in [0.2, 0.25) is 5.91 Å². The summed E-state index contributed by atoms with van der Waals surface area (Å²) in [5.74, 6) is 2.67. The van der Waals surface area contributed by atoms with Crippen molar-refractivity contribution in [3.8, 4) is 17.2 Å². The molecule has 0 saturated carbocycles. The SMILES string of the molecule is COc1c(C)cc(CN(C)CC(=O)N2CCCC2c2ccc3c(c2)OCCO3)cc1C. The van der Waals surface area contributed by atoms with E-state index >= 15 is 0 Å². The number of methoxy groups -OCH3 is 1. The van der Waals surface area contributed by atoms with E-state index in [1.54, 1.807) is 7.11 Å². The van der Waals surface area contributed by atoms with Crippen molar-refractivity contribution in [2.45, 2.75) is 39.3 Å². The molecule has 1 atom stereocenters. The highest BCUT2D eigenvalue weighted by Crippen LogP contribution is 2.38. The topological polar surface area (TPSA) is 51.2 Å². The normalized spacial score (nSPS) is 17.8. The van der Waals surface area contributed by atoms with Gasteiger partial charge in [-0.05, 0) is 68.1 Å². The molecule has 0 bridgehead atoms. The van der Waals surface area contributed by atoms with Gasteiger partial charge in [-0.1, -0.05) is 18.2 Å². The molecule has 2 aliphatic heterocycles. The van der Waals surface area contributed by atoms with Crippen LogP contribution in [0.4, 0.5) is 0 Å². The third-order valence-corrected chi connectivity index (χ3v) is 6.11. The molecule has 1 unspecified atom stereocenters. The zero-order chi connectivity index (χ0) is 22.0. The summed E-state index contributed by atoms with van der Waals surface area (Å²) in [5, 5.41) is 0. The van der Waals surface area contributed by atoms with E-state index in [9.17, 15) is 4.79 Å². The Morgan fingerprint density at radius 3 is 2.55 bits per heavy atom. The van der Waals surface area contributed by atoms with Crippen molar-refractivity contribution in [3.05, 3.63) is 52.6 Å². The number of nitrogens with zero attached hydrogens (tertiary/aromatic N) is 2. The molecule has 31 heavy (non-hydrogen) atoms. The fourth-order valence-electron chi connectivity index (χ4n) is 4.82. The molecule has 2 aromatic rings. The molecular weight excluding hydrogens is 392 g/mol. The monoisotopic (exact) mass is 424 g/mol. The summed E-state index contributed by atoms with van der Waals surface area (Å²) in [6.07, 6.45) is 2.00. The van der Waals surface area contributed by atoms with E-state index in [2.05, 4.69) is 36.9 Å². The Kier molecular flexibility index (Phi) is 6.37. The molecule has 6 heteroatoms. The Labute approximate surface area is 184 Å². The molecule has 1 amide bonds. The fraction of sp³-hybridized carbons (Fsp3) is 0.480. The van der Waals surface area contributed by atoms with E-state index in [0.717, 1.165) is 59.9 Å². The third kappa shape index (κ3) is 4.64. The first-order chi connectivity index (χ1) is 15.0. The number of carbonyl (C=O) groups is 1. The number of carbonyl (C=O) groups excluding carboxylic acids is 1. The van der Waals surface area contributed by atoms with Crippen LogP contribution in [0.1, 0.15) is 41.1 Å². The molecule has 0 aromatic heterocycles. The number of likely N-dealkylation sites (tertiary alicyclic amines) is 1. The lowest BCUT2D eigenvalue weighted by Crippen LogP contribution is -2.38. The van der Waals surface area contributed by atoms with Crippen molar-refractivity contribution in [3.63, 3.8) is 0 Å². The maximum atomic E-state index is 13.2. The first-order valence-electron chi connectivity index (χ1n) is 11.0. The summed E-state index contributed by atoms with van der Waals surface area (Å²) >= 11 is 0.